The SMILES string of the molecule is CC1CCCC(N)(C(=O)Nc2nccnn2)C1. The third-order valence-corrected chi connectivity index (χ3v) is 3.19. The minimum atomic E-state index is -0.795. The number of aromatic nitrogens is 3. The Kier molecular flexibility index (Phi) is 3.33. The van der Waals surface area contributed by atoms with E-state index in [1.165, 1.54) is 12.4 Å². The fourth-order valence-corrected chi connectivity index (χ4v) is 2.33. The van der Waals surface area contributed by atoms with Crippen molar-refractivity contribution in [2.45, 2.75) is 38.1 Å². The van der Waals surface area contributed by atoms with Gasteiger partial charge in [0, 0.05) is 0 Å². The molecule has 0 bridgehead atoms. The number of hydrogen-bond acceptors (Lipinski definition) is 5. The molecule has 1 aliphatic carbocycles. The summed E-state index contributed by atoms with van der Waals surface area (Å²) in [6, 6.07) is 0. The highest BCUT2D eigenvalue weighted by atomic mass is 16.2. The zero-order valence-corrected chi connectivity index (χ0v) is 9.89. The first-order valence-corrected chi connectivity index (χ1v) is 5.84. The van der Waals surface area contributed by atoms with E-state index in [1.807, 2.05) is 0 Å². The molecule has 2 unspecified atom stereocenters. The Balaban J connectivity index is 2.04. The van der Waals surface area contributed by atoms with Crippen LogP contribution in [0.25, 0.3) is 0 Å². The molecule has 2 rings (SSSR count). The van der Waals surface area contributed by atoms with Gasteiger partial charge in [-0.1, -0.05) is 19.8 Å². The average molecular weight is 235 g/mol. The van der Waals surface area contributed by atoms with Gasteiger partial charge in [-0.2, -0.15) is 5.10 Å². The summed E-state index contributed by atoms with van der Waals surface area (Å²) in [6.45, 7) is 2.12. The van der Waals surface area contributed by atoms with Gasteiger partial charge in [-0.05, 0) is 18.8 Å². The van der Waals surface area contributed by atoms with Crippen LogP contribution in [-0.2, 0) is 4.79 Å². The third-order valence-electron chi connectivity index (χ3n) is 3.19. The number of nitrogens with zero attached hydrogens (tertiary/aromatic N) is 3. The minimum Gasteiger partial charge on any atom is -0.317 e. The summed E-state index contributed by atoms with van der Waals surface area (Å²) in [5.41, 5.74) is 5.36. The van der Waals surface area contributed by atoms with Crippen molar-refractivity contribution in [1.29, 1.82) is 0 Å². The summed E-state index contributed by atoms with van der Waals surface area (Å²) in [5, 5.41) is 9.99. The Morgan fingerprint density at radius 1 is 1.59 bits per heavy atom. The maximum atomic E-state index is 12.1. The summed E-state index contributed by atoms with van der Waals surface area (Å²) < 4.78 is 0. The van der Waals surface area contributed by atoms with Crippen LogP contribution >= 0.6 is 0 Å². The quantitative estimate of drug-likeness (QED) is 0.787. The first-order valence-electron chi connectivity index (χ1n) is 5.84. The molecule has 0 spiro atoms. The zero-order valence-electron chi connectivity index (χ0n) is 9.89. The summed E-state index contributed by atoms with van der Waals surface area (Å²) in [7, 11) is 0. The van der Waals surface area contributed by atoms with Crippen LogP contribution in [0.3, 0.4) is 0 Å². The van der Waals surface area contributed by atoms with E-state index in [1.54, 1.807) is 0 Å². The molecule has 1 aromatic heterocycles. The summed E-state index contributed by atoms with van der Waals surface area (Å²) in [4.78, 5) is 16.0. The Morgan fingerprint density at radius 2 is 2.41 bits per heavy atom. The van der Waals surface area contributed by atoms with E-state index >= 15 is 0 Å². The number of nitrogens with two attached hydrogens (primary N) is 1. The Hall–Kier alpha value is -1.56. The Morgan fingerprint density at radius 3 is 3.06 bits per heavy atom. The second kappa shape index (κ2) is 4.75. The molecule has 92 valence electrons. The fourth-order valence-electron chi connectivity index (χ4n) is 2.33. The van der Waals surface area contributed by atoms with Crippen molar-refractivity contribution in [3.8, 4) is 0 Å². The highest BCUT2D eigenvalue weighted by Gasteiger charge is 2.38. The molecule has 0 aromatic carbocycles. The number of hydrogen-bond donors (Lipinski definition) is 2. The molecule has 1 aliphatic rings. The van der Waals surface area contributed by atoms with Crippen molar-refractivity contribution in [3.63, 3.8) is 0 Å². The lowest BCUT2D eigenvalue weighted by Gasteiger charge is -2.34. The Bertz CT molecular complexity index is 396. The predicted molar refractivity (Wildman–Crippen MR) is 63.0 cm³/mol. The normalized spacial score (nSPS) is 28.7. The van der Waals surface area contributed by atoms with Crippen LogP contribution in [0.15, 0.2) is 12.4 Å². The van der Waals surface area contributed by atoms with Crippen LogP contribution in [0.5, 0.6) is 0 Å². The van der Waals surface area contributed by atoms with Gasteiger partial charge in [-0.25, -0.2) is 4.98 Å². The lowest BCUT2D eigenvalue weighted by Crippen LogP contribution is -2.53. The molecule has 0 radical (unpaired) electrons. The van der Waals surface area contributed by atoms with Crippen molar-refractivity contribution in [2.75, 3.05) is 5.32 Å². The van der Waals surface area contributed by atoms with Crippen LogP contribution in [0, 0.1) is 5.92 Å². The smallest absolute Gasteiger partial charge is 0.249 e. The van der Waals surface area contributed by atoms with Crippen LogP contribution in [0.1, 0.15) is 32.6 Å². The van der Waals surface area contributed by atoms with E-state index < -0.39 is 5.54 Å². The van der Waals surface area contributed by atoms with E-state index in [2.05, 4.69) is 27.4 Å². The zero-order chi connectivity index (χ0) is 12.3. The van der Waals surface area contributed by atoms with Gasteiger partial charge < -0.3 is 5.73 Å². The number of carbonyl (C=O) groups excluding carboxylic acids is 1. The van der Waals surface area contributed by atoms with Crippen LogP contribution in [0.2, 0.25) is 0 Å². The van der Waals surface area contributed by atoms with Crippen molar-refractivity contribution < 1.29 is 4.79 Å². The molecule has 1 amide bonds. The van der Waals surface area contributed by atoms with Gasteiger partial charge >= 0.3 is 0 Å². The molecule has 17 heavy (non-hydrogen) atoms. The van der Waals surface area contributed by atoms with E-state index in [0.717, 1.165) is 12.8 Å². The first kappa shape index (κ1) is 11.9. The lowest BCUT2D eigenvalue weighted by atomic mass is 9.76. The van der Waals surface area contributed by atoms with Crippen LogP contribution in [0.4, 0.5) is 5.95 Å². The predicted octanol–water partition coefficient (Wildman–Crippen LogP) is 0.718. The lowest BCUT2D eigenvalue weighted by molar-refractivity contribution is -0.122. The molecule has 6 nitrogen and oxygen atoms in total. The van der Waals surface area contributed by atoms with Crippen molar-refractivity contribution in [1.82, 2.24) is 15.2 Å². The first-order chi connectivity index (χ1) is 8.10. The summed E-state index contributed by atoms with van der Waals surface area (Å²) in [6.07, 6.45) is 6.48. The maximum Gasteiger partial charge on any atom is 0.249 e. The molecule has 1 heterocycles. The van der Waals surface area contributed by atoms with Crippen molar-refractivity contribution in [3.05, 3.63) is 12.4 Å². The van der Waals surface area contributed by atoms with Gasteiger partial charge in [0.15, 0.2) is 0 Å². The van der Waals surface area contributed by atoms with Gasteiger partial charge in [0.2, 0.25) is 11.9 Å². The summed E-state index contributed by atoms with van der Waals surface area (Å²) in [5.74, 6) is 0.479. The largest absolute Gasteiger partial charge is 0.317 e. The van der Waals surface area contributed by atoms with Gasteiger partial charge in [0.05, 0.1) is 17.9 Å². The number of carbonyl (C=O) groups is 1. The van der Waals surface area contributed by atoms with Gasteiger partial charge in [0.25, 0.3) is 0 Å². The molecular weight excluding hydrogens is 218 g/mol. The van der Waals surface area contributed by atoms with Crippen molar-refractivity contribution in [2.24, 2.45) is 11.7 Å². The molecule has 0 aliphatic heterocycles. The number of anilines is 1. The van der Waals surface area contributed by atoms with E-state index in [-0.39, 0.29) is 11.9 Å². The second-order valence-corrected chi connectivity index (χ2v) is 4.78. The molecular formula is C11H17N5O. The van der Waals surface area contributed by atoms with E-state index in [9.17, 15) is 4.79 Å². The number of rotatable bonds is 2. The molecule has 2 atom stereocenters. The Labute approximate surface area is 100 Å². The fraction of sp³-hybridized carbons (Fsp3) is 0.636. The standard InChI is InChI=1S/C11H17N5O/c1-8-3-2-4-11(12,7-8)9(17)15-10-13-5-6-14-16-10/h5-6,8H,2-4,7,12H2,1H3,(H,13,15,16,17). The molecule has 1 aromatic rings. The molecule has 1 saturated carbocycles. The van der Waals surface area contributed by atoms with E-state index in [0.29, 0.717) is 18.8 Å². The van der Waals surface area contributed by atoms with Crippen LogP contribution in [-0.4, -0.2) is 26.6 Å². The molecule has 3 N–H and O–H groups in total. The summed E-state index contributed by atoms with van der Waals surface area (Å²) >= 11 is 0. The minimum absolute atomic E-state index is 0.209. The number of amides is 1. The maximum absolute atomic E-state index is 12.1. The third kappa shape index (κ3) is 2.76. The van der Waals surface area contributed by atoms with Gasteiger partial charge in [-0.3, -0.25) is 10.1 Å². The average Bonchev–Trinajstić information content (AvgIpc) is 2.30. The molecule has 1 fully saturated rings. The highest BCUT2D eigenvalue weighted by Crippen LogP contribution is 2.30. The topological polar surface area (TPSA) is 93.8 Å². The van der Waals surface area contributed by atoms with Gasteiger partial charge in [0.1, 0.15) is 0 Å². The second-order valence-electron chi connectivity index (χ2n) is 4.78. The van der Waals surface area contributed by atoms with Crippen LogP contribution < -0.4 is 11.1 Å². The van der Waals surface area contributed by atoms with Crippen molar-refractivity contribution >= 4 is 11.9 Å². The molecule has 0 saturated heterocycles. The molecule has 6 heteroatoms. The van der Waals surface area contributed by atoms with Gasteiger partial charge in [-0.15, -0.1) is 5.10 Å². The number of nitrogens with one attached hydrogen (secondary N) is 1. The highest BCUT2D eigenvalue weighted by molar-refractivity contribution is 5.96. The monoisotopic (exact) mass is 235 g/mol. The van der Waals surface area contributed by atoms with E-state index in [4.69, 9.17) is 5.73 Å².